The van der Waals surface area contributed by atoms with Gasteiger partial charge in [0.25, 0.3) is 0 Å². The highest BCUT2D eigenvalue weighted by Crippen LogP contribution is 2.42. The van der Waals surface area contributed by atoms with E-state index >= 15 is 0 Å². The first-order chi connectivity index (χ1) is 11.4. The number of carbonyl (C=O) groups excluding carboxylic acids is 1. The number of pyridine rings is 1. The van der Waals surface area contributed by atoms with Gasteiger partial charge in [0.05, 0.1) is 12.0 Å². The van der Waals surface area contributed by atoms with E-state index in [0.29, 0.717) is 39.2 Å². The zero-order valence-corrected chi connectivity index (χ0v) is 13.5. The predicted octanol–water partition coefficient (Wildman–Crippen LogP) is 2.18. The molecule has 2 fully saturated rings. The second-order valence-electron chi connectivity index (χ2n) is 6.37. The molecule has 1 unspecified atom stereocenters. The van der Waals surface area contributed by atoms with E-state index in [4.69, 9.17) is 4.74 Å². The van der Waals surface area contributed by atoms with E-state index in [1.807, 2.05) is 0 Å². The maximum Gasteiger partial charge on any atom is 0.433 e. The number of alkyl halides is 3. The van der Waals surface area contributed by atoms with Crippen LogP contribution in [0.2, 0.25) is 0 Å². The molecule has 2 aliphatic heterocycles. The molecule has 24 heavy (non-hydrogen) atoms. The number of amides is 1. The highest BCUT2D eigenvalue weighted by atomic mass is 19.4. The van der Waals surface area contributed by atoms with E-state index in [1.54, 1.807) is 23.0 Å². The molecule has 0 bridgehead atoms. The molecule has 1 aromatic heterocycles. The van der Waals surface area contributed by atoms with Crippen LogP contribution in [0.5, 0.6) is 0 Å². The summed E-state index contributed by atoms with van der Waals surface area (Å²) < 4.78 is 43.5. The van der Waals surface area contributed by atoms with E-state index in [0.717, 1.165) is 12.5 Å². The first-order valence-electron chi connectivity index (χ1n) is 7.93. The zero-order valence-electron chi connectivity index (χ0n) is 13.5. The second-order valence-corrected chi connectivity index (χ2v) is 6.37. The van der Waals surface area contributed by atoms with Crippen LogP contribution >= 0.6 is 0 Å². The molecule has 2 saturated heterocycles. The van der Waals surface area contributed by atoms with Gasteiger partial charge in [0.1, 0.15) is 11.5 Å². The number of methoxy groups -OCH3 is 1. The SMILES string of the molecule is COCCN1CCC2(CCN(c3cccc(C(F)(F)F)n3)C2)C1=O. The molecule has 0 saturated carbocycles. The Morgan fingerprint density at radius 2 is 2.04 bits per heavy atom. The molecule has 1 aromatic rings. The van der Waals surface area contributed by atoms with Crippen molar-refractivity contribution in [2.45, 2.75) is 19.0 Å². The number of halogens is 3. The summed E-state index contributed by atoms with van der Waals surface area (Å²) in [5.41, 5.74) is -1.40. The lowest BCUT2D eigenvalue weighted by Gasteiger charge is -2.24. The Balaban J connectivity index is 1.73. The van der Waals surface area contributed by atoms with Gasteiger partial charge >= 0.3 is 6.18 Å². The Kier molecular flexibility index (Phi) is 4.42. The van der Waals surface area contributed by atoms with Gasteiger partial charge in [-0.05, 0) is 25.0 Å². The fraction of sp³-hybridized carbons (Fsp3) is 0.625. The number of hydrogen-bond acceptors (Lipinski definition) is 4. The number of ether oxygens (including phenoxy) is 1. The zero-order chi connectivity index (χ0) is 17.4. The fourth-order valence-corrected chi connectivity index (χ4v) is 3.51. The summed E-state index contributed by atoms with van der Waals surface area (Å²) in [4.78, 5) is 20.0. The summed E-state index contributed by atoms with van der Waals surface area (Å²) in [5, 5.41) is 0. The highest BCUT2D eigenvalue weighted by Gasteiger charge is 2.50. The molecule has 5 nitrogen and oxygen atoms in total. The summed E-state index contributed by atoms with van der Waals surface area (Å²) in [7, 11) is 1.59. The average Bonchev–Trinajstić information content (AvgIpc) is 3.11. The monoisotopic (exact) mass is 343 g/mol. The van der Waals surface area contributed by atoms with E-state index in [9.17, 15) is 18.0 Å². The molecule has 0 N–H and O–H groups in total. The minimum absolute atomic E-state index is 0.0778. The molecular formula is C16H20F3N3O2. The molecule has 3 heterocycles. The lowest BCUT2D eigenvalue weighted by Crippen LogP contribution is -2.38. The number of nitrogens with zero attached hydrogens (tertiary/aromatic N) is 3. The topological polar surface area (TPSA) is 45.7 Å². The fourth-order valence-electron chi connectivity index (χ4n) is 3.51. The summed E-state index contributed by atoms with van der Waals surface area (Å²) in [6, 6.07) is 3.89. The minimum Gasteiger partial charge on any atom is -0.383 e. The molecule has 0 aromatic carbocycles. The molecule has 3 rings (SSSR count). The number of hydrogen-bond donors (Lipinski definition) is 0. The van der Waals surface area contributed by atoms with Crippen LogP contribution in [0.1, 0.15) is 18.5 Å². The third-order valence-corrected chi connectivity index (χ3v) is 4.87. The van der Waals surface area contributed by atoms with Crippen molar-refractivity contribution in [3.63, 3.8) is 0 Å². The van der Waals surface area contributed by atoms with E-state index in [2.05, 4.69) is 4.98 Å². The Morgan fingerprint density at radius 3 is 2.75 bits per heavy atom. The minimum atomic E-state index is -4.46. The van der Waals surface area contributed by atoms with Gasteiger partial charge in [-0.1, -0.05) is 6.07 Å². The van der Waals surface area contributed by atoms with Crippen molar-refractivity contribution < 1.29 is 22.7 Å². The second kappa shape index (κ2) is 6.23. The van der Waals surface area contributed by atoms with Gasteiger partial charge < -0.3 is 14.5 Å². The Bertz CT molecular complexity index is 623. The van der Waals surface area contributed by atoms with E-state index < -0.39 is 17.3 Å². The van der Waals surface area contributed by atoms with Gasteiger partial charge in [0.15, 0.2) is 0 Å². The first kappa shape index (κ1) is 17.0. The number of carbonyl (C=O) groups is 1. The smallest absolute Gasteiger partial charge is 0.383 e. The molecule has 1 spiro atoms. The van der Waals surface area contributed by atoms with Crippen LogP contribution in [0.15, 0.2) is 18.2 Å². The van der Waals surface area contributed by atoms with Crippen LogP contribution in [-0.4, -0.2) is 55.7 Å². The molecule has 2 aliphatic rings. The van der Waals surface area contributed by atoms with Gasteiger partial charge in [-0.2, -0.15) is 13.2 Å². The summed E-state index contributed by atoms with van der Waals surface area (Å²) in [5.74, 6) is 0.360. The van der Waals surface area contributed by atoms with Gasteiger partial charge in [0, 0.05) is 33.3 Å². The molecule has 8 heteroatoms. The van der Waals surface area contributed by atoms with Crippen molar-refractivity contribution in [2.24, 2.45) is 5.41 Å². The van der Waals surface area contributed by atoms with Gasteiger partial charge in [-0.25, -0.2) is 4.98 Å². The van der Waals surface area contributed by atoms with Crippen LogP contribution in [0.25, 0.3) is 0 Å². The average molecular weight is 343 g/mol. The quantitative estimate of drug-likeness (QED) is 0.841. The van der Waals surface area contributed by atoms with Crippen LogP contribution < -0.4 is 4.90 Å². The molecule has 132 valence electrons. The molecule has 1 atom stereocenters. The summed E-state index contributed by atoms with van der Waals surface area (Å²) >= 11 is 0. The molecule has 0 aliphatic carbocycles. The van der Waals surface area contributed by atoms with Crippen molar-refractivity contribution >= 4 is 11.7 Å². The lowest BCUT2D eigenvalue weighted by molar-refractivity contribution is -0.141. The van der Waals surface area contributed by atoms with E-state index in [1.165, 1.54) is 6.07 Å². The van der Waals surface area contributed by atoms with Crippen LogP contribution in [0, 0.1) is 5.41 Å². The Morgan fingerprint density at radius 1 is 1.29 bits per heavy atom. The lowest BCUT2D eigenvalue weighted by atomic mass is 9.85. The predicted molar refractivity (Wildman–Crippen MR) is 81.6 cm³/mol. The third-order valence-electron chi connectivity index (χ3n) is 4.87. The Labute approximate surface area is 138 Å². The first-order valence-corrected chi connectivity index (χ1v) is 7.93. The van der Waals surface area contributed by atoms with Gasteiger partial charge in [-0.3, -0.25) is 4.79 Å². The largest absolute Gasteiger partial charge is 0.433 e. The van der Waals surface area contributed by atoms with Crippen molar-refractivity contribution in [3.05, 3.63) is 23.9 Å². The van der Waals surface area contributed by atoms with E-state index in [-0.39, 0.29) is 11.7 Å². The van der Waals surface area contributed by atoms with Crippen LogP contribution in [-0.2, 0) is 15.7 Å². The normalized spacial score (nSPS) is 24.4. The summed E-state index contributed by atoms with van der Waals surface area (Å²) in [6.07, 6.45) is -3.09. The third kappa shape index (κ3) is 3.07. The molecule has 0 radical (unpaired) electrons. The number of likely N-dealkylation sites (tertiary alicyclic amines) is 1. The molecule has 1 amide bonds. The Hall–Kier alpha value is -1.83. The summed E-state index contributed by atoms with van der Waals surface area (Å²) in [6.45, 7) is 2.67. The van der Waals surface area contributed by atoms with Crippen LogP contribution in [0.3, 0.4) is 0 Å². The number of rotatable bonds is 4. The van der Waals surface area contributed by atoms with Crippen molar-refractivity contribution in [3.8, 4) is 0 Å². The van der Waals surface area contributed by atoms with Crippen molar-refractivity contribution in [1.29, 1.82) is 0 Å². The number of aromatic nitrogens is 1. The van der Waals surface area contributed by atoms with Gasteiger partial charge in [0.2, 0.25) is 5.91 Å². The highest BCUT2D eigenvalue weighted by molar-refractivity contribution is 5.86. The van der Waals surface area contributed by atoms with Crippen molar-refractivity contribution in [1.82, 2.24) is 9.88 Å². The van der Waals surface area contributed by atoms with Gasteiger partial charge in [-0.15, -0.1) is 0 Å². The van der Waals surface area contributed by atoms with Crippen LogP contribution in [0.4, 0.5) is 19.0 Å². The number of anilines is 1. The standard InChI is InChI=1S/C16H20F3N3O2/c1-24-10-9-21-7-5-15(14(21)23)6-8-22(11-15)13-4-2-3-12(20-13)16(17,18)19/h2-4H,5-11H2,1H3. The molecular weight excluding hydrogens is 323 g/mol. The maximum absolute atomic E-state index is 12.8. The van der Waals surface area contributed by atoms with Crippen molar-refractivity contribution in [2.75, 3.05) is 44.8 Å². The maximum atomic E-state index is 12.8.